The van der Waals surface area contributed by atoms with Crippen molar-refractivity contribution in [2.24, 2.45) is 5.73 Å². The average Bonchev–Trinajstić information content (AvgIpc) is 2.52. The van der Waals surface area contributed by atoms with E-state index in [1.807, 2.05) is 18.2 Å². The number of ether oxygens (including phenoxy) is 2. The lowest BCUT2D eigenvalue weighted by Gasteiger charge is -2.20. The first-order chi connectivity index (χ1) is 10.1. The Balaban J connectivity index is 2.70. The van der Waals surface area contributed by atoms with E-state index >= 15 is 0 Å². The van der Waals surface area contributed by atoms with E-state index in [2.05, 4.69) is 25.7 Å². The van der Waals surface area contributed by atoms with Gasteiger partial charge in [0.2, 0.25) is 0 Å². The van der Waals surface area contributed by atoms with Crippen molar-refractivity contribution < 1.29 is 9.47 Å². The van der Waals surface area contributed by atoms with Gasteiger partial charge in [-0.25, -0.2) is 0 Å². The van der Waals surface area contributed by atoms with Gasteiger partial charge in [0.1, 0.15) is 18.1 Å². The van der Waals surface area contributed by atoms with Crippen molar-refractivity contribution in [2.75, 3.05) is 33.4 Å². The summed E-state index contributed by atoms with van der Waals surface area (Å²) in [6.07, 6.45) is 1.77. The molecule has 0 heterocycles. The minimum atomic E-state index is 0.155. The van der Waals surface area contributed by atoms with E-state index in [4.69, 9.17) is 15.2 Å². The summed E-state index contributed by atoms with van der Waals surface area (Å²) in [6, 6.07) is 6.11. The molecule has 0 bridgehead atoms. The minimum absolute atomic E-state index is 0.155. The predicted octanol–water partition coefficient (Wildman–Crippen LogP) is 2.70. The maximum atomic E-state index is 6.08. The Labute approximate surface area is 129 Å². The molecule has 1 atom stereocenters. The van der Waals surface area contributed by atoms with Crippen LogP contribution < -0.4 is 15.2 Å². The van der Waals surface area contributed by atoms with Crippen molar-refractivity contribution in [3.63, 3.8) is 0 Å². The number of hydrogen-bond donors (Lipinski definition) is 1. The zero-order chi connectivity index (χ0) is 15.7. The number of rotatable bonds is 10. The van der Waals surface area contributed by atoms with E-state index in [1.54, 1.807) is 7.11 Å². The fraction of sp³-hybridized carbons (Fsp3) is 0.647. The SMILES string of the molecule is CCC(N)Cc1cc(OC)ccc1OCCN(CC)CC. The molecule has 0 aliphatic carbocycles. The first kappa shape index (κ1) is 17.8. The summed E-state index contributed by atoms with van der Waals surface area (Å²) in [6.45, 7) is 10.2. The first-order valence-electron chi connectivity index (χ1n) is 7.92. The molecule has 0 aliphatic rings. The molecule has 4 nitrogen and oxygen atoms in total. The quantitative estimate of drug-likeness (QED) is 0.721. The zero-order valence-electron chi connectivity index (χ0n) is 13.9. The Kier molecular flexibility index (Phi) is 8.16. The average molecular weight is 294 g/mol. The van der Waals surface area contributed by atoms with Gasteiger partial charge in [-0.05, 0) is 49.7 Å². The van der Waals surface area contributed by atoms with Gasteiger partial charge in [-0.15, -0.1) is 0 Å². The number of likely N-dealkylation sites (N-methyl/N-ethyl adjacent to an activating group) is 1. The molecule has 21 heavy (non-hydrogen) atoms. The van der Waals surface area contributed by atoms with Crippen LogP contribution in [0.3, 0.4) is 0 Å². The van der Waals surface area contributed by atoms with Crippen LogP contribution in [0.2, 0.25) is 0 Å². The highest BCUT2D eigenvalue weighted by Gasteiger charge is 2.10. The van der Waals surface area contributed by atoms with E-state index in [0.717, 1.165) is 49.5 Å². The Bertz CT molecular complexity index is 406. The summed E-state index contributed by atoms with van der Waals surface area (Å²) in [5.41, 5.74) is 7.21. The molecule has 0 saturated carbocycles. The Morgan fingerprint density at radius 2 is 1.90 bits per heavy atom. The molecular weight excluding hydrogens is 264 g/mol. The molecule has 0 spiro atoms. The van der Waals surface area contributed by atoms with Gasteiger partial charge in [0.25, 0.3) is 0 Å². The molecule has 120 valence electrons. The summed E-state index contributed by atoms with van der Waals surface area (Å²) in [7, 11) is 1.68. The summed E-state index contributed by atoms with van der Waals surface area (Å²) >= 11 is 0. The van der Waals surface area contributed by atoms with Crippen molar-refractivity contribution in [1.82, 2.24) is 4.90 Å². The molecule has 0 aliphatic heterocycles. The van der Waals surface area contributed by atoms with Gasteiger partial charge in [-0.2, -0.15) is 0 Å². The van der Waals surface area contributed by atoms with Gasteiger partial charge in [0.05, 0.1) is 7.11 Å². The van der Waals surface area contributed by atoms with Crippen LogP contribution >= 0.6 is 0 Å². The zero-order valence-corrected chi connectivity index (χ0v) is 13.9. The molecule has 0 radical (unpaired) electrons. The molecule has 0 amide bonds. The highest BCUT2D eigenvalue weighted by atomic mass is 16.5. The number of benzene rings is 1. The summed E-state index contributed by atoms with van der Waals surface area (Å²) in [5, 5.41) is 0. The van der Waals surface area contributed by atoms with Crippen LogP contribution in [-0.4, -0.2) is 44.3 Å². The second kappa shape index (κ2) is 9.64. The monoisotopic (exact) mass is 294 g/mol. The smallest absolute Gasteiger partial charge is 0.122 e. The minimum Gasteiger partial charge on any atom is -0.497 e. The van der Waals surface area contributed by atoms with Gasteiger partial charge in [-0.1, -0.05) is 20.8 Å². The van der Waals surface area contributed by atoms with Crippen molar-refractivity contribution in [2.45, 2.75) is 39.7 Å². The molecule has 0 fully saturated rings. The highest BCUT2D eigenvalue weighted by Crippen LogP contribution is 2.25. The summed E-state index contributed by atoms with van der Waals surface area (Å²) < 4.78 is 11.3. The molecule has 1 aromatic carbocycles. The van der Waals surface area contributed by atoms with Crippen molar-refractivity contribution in [1.29, 1.82) is 0 Å². The second-order valence-corrected chi connectivity index (χ2v) is 5.22. The van der Waals surface area contributed by atoms with Crippen LogP contribution in [0.15, 0.2) is 18.2 Å². The van der Waals surface area contributed by atoms with Crippen LogP contribution in [0, 0.1) is 0 Å². The molecule has 4 heteroatoms. The highest BCUT2D eigenvalue weighted by molar-refractivity contribution is 5.40. The number of nitrogens with zero attached hydrogens (tertiary/aromatic N) is 1. The fourth-order valence-corrected chi connectivity index (χ4v) is 2.23. The maximum Gasteiger partial charge on any atom is 0.122 e. The van der Waals surface area contributed by atoms with Gasteiger partial charge in [0, 0.05) is 12.6 Å². The van der Waals surface area contributed by atoms with E-state index in [9.17, 15) is 0 Å². The fourth-order valence-electron chi connectivity index (χ4n) is 2.23. The topological polar surface area (TPSA) is 47.7 Å². The molecule has 2 N–H and O–H groups in total. The normalized spacial score (nSPS) is 12.5. The van der Waals surface area contributed by atoms with Crippen molar-refractivity contribution >= 4 is 0 Å². The van der Waals surface area contributed by atoms with Crippen LogP contribution in [0.1, 0.15) is 32.8 Å². The number of hydrogen-bond acceptors (Lipinski definition) is 4. The lowest BCUT2D eigenvalue weighted by Crippen LogP contribution is -2.28. The lowest BCUT2D eigenvalue weighted by molar-refractivity contribution is 0.221. The van der Waals surface area contributed by atoms with Gasteiger partial charge >= 0.3 is 0 Å². The van der Waals surface area contributed by atoms with Gasteiger partial charge < -0.3 is 20.1 Å². The van der Waals surface area contributed by atoms with Gasteiger partial charge in [0.15, 0.2) is 0 Å². The van der Waals surface area contributed by atoms with E-state index in [0.29, 0.717) is 6.61 Å². The second-order valence-electron chi connectivity index (χ2n) is 5.22. The molecule has 0 aromatic heterocycles. The molecule has 1 aromatic rings. The first-order valence-corrected chi connectivity index (χ1v) is 7.92. The van der Waals surface area contributed by atoms with Crippen LogP contribution in [0.4, 0.5) is 0 Å². The van der Waals surface area contributed by atoms with Crippen LogP contribution in [0.25, 0.3) is 0 Å². The molecule has 1 rings (SSSR count). The lowest BCUT2D eigenvalue weighted by atomic mass is 10.0. The number of methoxy groups -OCH3 is 1. The van der Waals surface area contributed by atoms with Crippen LogP contribution in [-0.2, 0) is 6.42 Å². The van der Waals surface area contributed by atoms with E-state index in [1.165, 1.54) is 0 Å². The maximum absolute atomic E-state index is 6.08. The Morgan fingerprint density at radius 3 is 2.48 bits per heavy atom. The third-order valence-corrected chi connectivity index (χ3v) is 3.83. The number of nitrogens with two attached hydrogens (primary N) is 1. The standard InChI is InChI=1S/C17H30N2O2/c1-5-15(18)12-14-13-16(20-4)8-9-17(14)21-11-10-19(6-2)7-3/h8-9,13,15H,5-7,10-12,18H2,1-4H3. The van der Waals surface area contributed by atoms with Crippen LogP contribution in [0.5, 0.6) is 11.5 Å². The molecule has 1 unspecified atom stereocenters. The summed E-state index contributed by atoms with van der Waals surface area (Å²) in [4.78, 5) is 2.35. The third kappa shape index (κ3) is 5.94. The van der Waals surface area contributed by atoms with Gasteiger partial charge in [-0.3, -0.25) is 0 Å². The molecule has 0 saturated heterocycles. The van der Waals surface area contributed by atoms with Crippen molar-refractivity contribution in [3.8, 4) is 11.5 Å². The Hall–Kier alpha value is -1.26. The Morgan fingerprint density at radius 1 is 1.19 bits per heavy atom. The largest absolute Gasteiger partial charge is 0.497 e. The third-order valence-electron chi connectivity index (χ3n) is 3.83. The van der Waals surface area contributed by atoms with E-state index < -0.39 is 0 Å². The molecular formula is C17H30N2O2. The summed E-state index contributed by atoms with van der Waals surface area (Å²) in [5.74, 6) is 1.77. The van der Waals surface area contributed by atoms with E-state index in [-0.39, 0.29) is 6.04 Å². The predicted molar refractivity (Wildman–Crippen MR) is 88.2 cm³/mol. The van der Waals surface area contributed by atoms with Crippen molar-refractivity contribution in [3.05, 3.63) is 23.8 Å².